The molecule has 0 aromatic carbocycles. The molecule has 1 aromatic rings. The summed E-state index contributed by atoms with van der Waals surface area (Å²) in [5, 5.41) is 22.2. The molecule has 21 heavy (non-hydrogen) atoms. The highest BCUT2D eigenvalue weighted by Gasteiger charge is 2.27. The second-order valence-electron chi connectivity index (χ2n) is 5.67. The Labute approximate surface area is 129 Å². The fourth-order valence-corrected chi connectivity index (χ4v) is 3.65. The zero-order chi connectivity index (χ0) is 15.6. The van der Waals surface area contributed by atoms with E-state index in [9.17, 15) is 15.2 Å². The van der Waals surface area contributed by atoms with Crippen LogP contribution in [0.2, 0.25) is 0 Å². The van der Waals surface area contributed by atoms with Gasteiger partial charge in [0, 0.05) is 11.4 Å². The normalized spacial score (nSPS) is 20.2. The number of nitrogens with zero attached hydrogens (tertiary/aromatic N) is 2. The van der Waals surface area contributed by atoms with Crippen molar-refractivity contribution in [2.45, 2.75) is 33.3 Å². The minimum absolute atomic E-state index is 0.0982. The Bertz CT molecular complexity index is 574. The van der Waals surface area contributed by atoms with E-state index in [1.165, 1.54) is 11.3 Å². The summed E-state index contributed by atoms with van der Waals surface area (Å²) in [6, 6.07) is 2.15. The highest BCUT2D eigenvalue weighted by Crippen LogP contribution is 2.31. The Balaban J connectivity index is 1.94. The SMILES string of the molecule is Cc1sc(NC(=O)CN2CCC(C(C)O)C2)c(C#N)c1C. The molecule has 0 spiro atoms. The van der Waals surface area contributed by atoms with E-state index in [-0.39, 0.29) is 17.9 Å². The molecular weight excluding hydrogens is 286 g/mol. The minimum Gasteiger partial charge on any atom is -0.393 e. The number of carbonyl (C=O) groups excluding carboxylic acids is 1. The number of nitriles is 1. The highest BCUT2D eigenvalue weighted by molar-refractivity contribution is 7.16. The maximum Gasteiger partial charge on any atom is 0.239 e. The van der Waals surface area contributed by atoms with Crippen molar-refractivity contribution < 1.29 is 9.90 Å². The van der Waals surface area contributed by atoms with Gasteiger partial charge < -0.3 is 10.4 Å². The number of aliphatic hydroxyl groups excluding tert-OH is 1. The molecule has 5 nitrogen and oxygen atoms in total. The van der Waals surface area contributed by atoms with Crippen molar-refractivity contribution in [2.75, 3.05) is 25.0 Å². The molecule has 2 N–H and O–H groups in total. The largest absolute Gasteiger partial charge is 0.393 e. The number of rotatable bonds is 4. The van der Waals surface area contributed by atoms with Crippen LogP contribution in [0, 0.1) is 31.1 Å². The molecule has 1 aromatic heterocycles. The van der Waals surface area contributed by atoms with Gasteiger partial charge in [-0.25, -0.2) is 0 Å². The molecule has 2 atom stereocenters. The van der Waals surface area contributed by atoms with E-state index in [0.717, 1.165) is 30.0 Å². The lowest BCUT2D eigenvalue weighted by molar-refractivity contribution is -0.117. The molecular formula is C15H21N3O2S. The monoisotopic (exact) mass is 307 g/mol. The van der Waals surface area contributed by atoms with E-state index in [1.54, 1.807) is 6.92 Å². The number of nitrogens with one attached hydrogen (secondary N) is 1. The smallest absolute Gasteiger partial charge is 0.239 e. The van der Waals surface area contributed by atoms with Crippen molar-refractivity contribution in [3.05, 3.63) is 16.0 Å². The maximum absolute atomic E-state index is 12.1. The van der Waals surface area contributed by atoms with Crippen LogP contribution in [0.3, 0.4) is 0 Å². The molecule has 0 saturated carbocycles. The van der Waals surface area contributed by atoms with Crippen LogP contribution in [-0.2, 0) is 4.79 Å². The number of hydrogen-bond donors (Lipinski definition) is 2. The number of likely N-dealkylation sites (tertiary alicyclic amines) is 1. The summed E-state index contributed by atoms with van der Waals surface area (Å²) in [5.74, 6) is 0.151. The first kappa shape index (κ1) is 16.0. The van der Waals surface area contributed by atoms with Crippen molar-refractivity contribution in [1.29, 1.82) is 5.26 Å². The highest BCUT2D eigenvalue weighted by atomic mass is 32.1. The Morgan fingerprint density at radius 1 is 1.62 bits per heavy atom. The summed E-state index contributed by atoms with van der Waals surface area (Å²) < 4.78 is 0. The van der Waals surface area contributed by atoms with Gasteiger partial charge in [0.1, 0.15) is 11.1 Å². The molecule has 1 fully saturated rings. The number of amides is 1. The molecule has 114 valence electrons. The van der Waals surface area contributed by atoms with Gasteiger partial charge in [0.25, 0.3) is 0 Å². The van der Waals surface area contributed by atoms with Crippen LogP contribution < -0.4 is 5.32 Å². The minimum atomic E-state index is -0.328. The summed E-state index contributed by atoms with van der Waals surface area (Å²) in [4.78, 5) is 15.2. The molecule has 1 saturated heterocycles. The first-order valence-electron chi connectivity index (χ1n) is 7.12. The predicted octanol–water partition coefficient (Wildman–Crippen LogP) is 1.88. The molecule has 2 unspecified atom stereocenters. The fourth-order valence-electron chi connectivity index (χ4n) is 2.62. The van der Waals surface area contributed by atoms with Gasteiger partial charge in [0.05, 0.1) is 18.2 Å². The number of carbonyl (C=O) groups is 1. The van der Waals surface area contributed by atoms with Crippen LogP contribution in [0.1, 0.15) is 29.3 Å². The summed E-state index contributed by atoms with van der Waals surface area (Å²) in [6.45, 7) is 7.53. The molecule has 1 aliphatic heterocycles. The Hall–Kier alpha value is -1.42. The molecule has 1 amide bonds. The maximum atomic E-state index is 12.1. The van der Waals surface area contributed by atoms with Gasteiger partial charge >= 0.3 is 0 Å². The van der Waals surface area contributed by atoms with Crippen molar-refractivity contribution in [3.63, 3.8) is 0 Å². The van der Waals surface area contributed by atoms with E-state index < -0.39 is 0 Å². The summed E-state index contributed by atoms with van der Waals surface area (Å²) >= 11 is 1.44. The van der Waals surface area contributed by atoms with Crippen molar-refractivity contribution in [1.82, 2.24) is 4.90 Å². The molecule has 0 radical (unpaired) electrons. The predicted molar refractivity (Wildman–Crippen MR) is 83.4 cm³/mol. The van der Waals surface area contributed by atoms with E-state index in [0.29, 0.717) is 17.1 Å². The third kappa shape index (κ3) is 3.62. The standard InChI is InChI=1S/C15H21N3O2S/c1-9-11(3)21-15(13(9)6-16)17-14(20)8-18-5-4-12(7-18)10(2)19/h10,12,19H,4-5,7-8H2,1-3H3,(H,17,20). The second kappa shape index (κ2) is 6.56. The van der Waals surface area contributed by atoms with Gasteiger partial charge in [-0.05, 0) is 45.2 Å². The first-order chi connectivity index (χ1) is 9.92. The number of hydrogen-bond acceptors (Lipinski definition) is 5. The first-order valence-corrected chi connectivity index (χ1v) is 7.94. The molecule has 0 aliphatic carbocycles. The van der Waals surface area contributed by atoms with Gasteiger partial charge in [-0.3, -0.25) is 9.69 Å². The van der Waals surface area contributed by atoms with E-state index in [2.05, 4.69) is 11.4 Å². The van der Waals surface area contributed by atoms with Crippen molar-refractivity contribution in [2.24, 2.45) is 5.92 Å². The van der Waals surface area contributed by atoms with Gasteiger partial charge in [-0.2, -0.15) is 5.26 Å². The summed E-state index contributed by atoms with van der Waals surface area (Å²) in [6.07, 6.45) is 0.594. The molecule has 2 heterocycles. The zero-order valence-electron chi connectivity index (χ0n) is 12.6. The zero-order valence-corrected chi connectivity index (χ0v) is 13.5. The fraction of sp³-hybridized carbons (Fsp3) is 0.600. The number of anilines is 1. The van der Waals surface area contributed by atoms with Gasteiger partial charge in [-0.15, -0.1) is 11.3 Å². The summed E-state index contributed by atoms with van der Waals surface area (Å²) in [7, 11) is 0. The molecule has 2 rings (SSSR count). The van der Waals surface area contributed by atoms with Gasteiger partial charge in [-0.1, -0.05) is 0 Å². The van der Waals surface area contributed by atoms with Crippen molar-refractivity contribution >= 4 is 22.2 Å². The van der Waals surface area contributed by atoms with Crippen LogP contribution in [0.4, 0.5) is 5.00 Å². The lowest BCUT2D eigenvalue weighted by Crippen LogP contribution is -2.32. The van der Waals surface area contributed by atoms with Gasteiger partial charge in [0.2, 0.25) is 5.91 Å². The number of aryl methyl sites for hydroxylation is 1. The van der Waals surface area contributed by atoms with Crippen LogP contribution in [0.5, 0.6) is 0 Å². The molecule has 0 bridgehead atoms. The van der Waals surface area contributed by atoms with Crippen LogP contribution in [-0.4, -0.2) is 41.7 Å². The second-order valence-corrected chi connectivity index (χ2v) is 6.90. The quantitative estimate of drug-likeness (QED) is 0.890. The average Bonchev–Trinajstić information content (AvgIpc) is 2.96. The Kier molecular flexibility index (Phi) is 4.99. The molecule has 1 aliphatic rings. The lowest BCUT2D eigenvalue weighted by Gasteiger charge is -2.16. The van der Waals surface area contributed by atoms with Crippen LogP contribution in [0.25, 0.3) is 0 Å². The number of aliphatic hydroxyl groups is 1. The third-order valence-corrected chi connectivity index (χ3v) is 5.23. The van der Waals surface area contributed by atoms with Crippen LogP contribution >= 0.6 is 11.3 Å². The van der Waals surface area contributed by atoms with Crippen LogP contribution in [0.15, 0.2) is 0 Å². The van der Waals surface area contributed by atoms with E-state index >= 15 is 0 Å². The number of thiophene rings is 1. The lowest BCUT2D eigenvalue weighted by atomic mass is 10.0. The Morgan fingerprint density at radius 3 is 2.90 bits per heavy atom. The summed E-state index contributed by atoms with van der Waals surface area (Å²) in [5.41, 5.74) is 1.50. The van der Waals surface area contributed by atoms with Crippen molar-refractivity contribution in [3.8, 4) is 6.07 Å². The third-order valence-electron chi connectivity index (χ3n) is 4.11. The molecule has 6 heteroatoms. The topological polar surface area (TPSA) is 76.4 Å². The van der Waals surface area contributed by atoms with E-state index in [4.69, 9.17) is 0 Å². The van der Waals surface area contributed by atoms with Gasteiger partial charge in [0.15, 0.2) is 0 Å². The van der Waals surface area contributed by atoms with E-state index in [1.807, 2.05) is 18.7 Å². The Morgan fingerprint density at radius 2 is 2.33 bits per heavy atom. The average molecular weight is 307 g/mol.